The van der Waals surface area contributed by atoms with E-state index in [1.54, 1.807) is 6.20 Å². The van der Waals surface area contributed by atoms with Crippen LogP contribution in [-0.4, -0.2) is 16.8 Å². The average Bonchev–Trinajstić information content (AvgIpc) is 3.42. The second kappa shape index (κ2) is 7.47. The van der Waals surface area contributed by atoms with Crippen molar-refractivity contribution in [1.82, 2.24) is 10.3 Å². The van der Waals surface area contributed by atoms with Gasteiger partial charge in [-0.3, -0.25) is 14.6 Å². The van der Waals surface area contributed by atoms with E-state index >= 15 is 0 Å². The van der Waals surface area contributed by atoms with Crippen LogP contribution in [-0.2, 0) is 16.1 Å². The third-order valence-electron chi connectivity index (χ3n) is 4.48. The largest absolute Gasteiger partial charge is 0.350 e. The van der Waals surface area contributed by atoms with Crippen LogP contribution in [0.4, 0.5) is 5.69 Å². The summed E-state index contributed by atoms with van der Waals surface area (Å²) in [5.74, 6) is -0.191. The lowest BCUT2D eigenvalue weighted by Crippen LogP contribution is -2.27. The Bertz CT molecular complexity index is 741. The van der Waals surface area contributed by atoms with Crippen molar-refractivity contribution < 1.29 is 9.59 Å². The summed E-state index contributed by atoms with van der Waals surface area (Å²) in [5, 5.41) is 5.75. The van der Waals surface area contributed by atoms with Crippen molar-refractivity contribution in [2.75, 3.05) is 5.32 Å². The molecule has 0 saturated heterocycles. The van der Waals surface area contributed by atoms with Gasteiger partial charge in [0.15, 0.2) is 0 Å². The fourth-order valence-corrected chi connectivity index (χ4v) is 2.77. The van der Waals surface area contributed by atoms with E-state index < -0.39 is 0 Å². The third kappa shape index (κ3) is 4.44. The molecule has 1 heterocycles. The third-order valence-corrected chi connectivity index (χ3v) is 4.48. The molecule has 5 nitrogen and oxygen atoms in total. The lowest BCUT2D eigenvalue weighted by molar-refractivity contribution is -0.125. The molecule has 2 N–H and O–H groups in total. The molecule has 0 spiro atoms. The van der Waals surface area contributed by atoms with Crippen molar-refractivity contribution in [3.8, 4) is 0 Å². The molecular formula is C20H23N3O2. The van der Waals surface area contributed by atoms with E-state index in [-0.39, 0.29) is 23.7 Å². The summed E-state index contributed by atoms with van der Waals surface area (Å²) < 4.78 is 0. The molecule has 2 unspecified atom stereocenters. The molecule has 0 aliphatic heterocycles. The predicted molar refractivity (Wildman–Crippen MR) is 96.8 cm³/mol. The maximum atomic E-state index is 12.3. The molecular weight excluding hydrogens is 314 g/mol. The number of carbonyl (C=O) groups excluding carboxylic acids is 2. The smallest absolute Gasteiger partial charge is 0.228 e. The van der Waals surface area contributed by atoms with Crippen LogP contribution >= 0.6 is 0 Å². The first-order valence-electron chi connectivity index (χ1n) is 8.63. The zero-order chi connectivity index (χ0) is 17.8. The monoisotopic (exact) mass is 337 g/mol. The summed E-state index contributed by atoms with van der Waals surface area (Å²) in [6, 6.07) is 13.4. The number of benzene rings is 1. The van der Waals surface area contributed by atoms with Crippen molar-refractivity contribution in [1.29, 1.82) is 0 Å². The van der Waals surface area contributed by atoms with Gasteiger partial charge in [-0.05, 0) is 42.2 Å². The van der Waals surface area contributed by atoms with Crippen molar-refractivity contribution in [2.45, 2.75) is 32.7 Å². The van der Waals surface area contributed by atoms with Gasteiger partial charge in [-0.15, -0.1) is 0 Å². The lowest BCUT2D eigenvalue weighted by Gasteiger charge is -2.08. The molecule has 2 atom stereocenters. The maximum Gasteiger partial charge on any atom is 0.228 e. The van der Waals surface area contributed by atoms with Crippen LogP contribution in [0.3, 0.4) is 0 Å². The molecule has 2 amide bonds. The minimum Gasteiger partial charge on any atom is -0.350 e. The Morgan fingerprint density at radius 1 is 1.08 bits per heavy atom. The van der Waals surface area contributed by atoms with E-state index in [0.717, 1.165) is 11.4 Å². The highest BCUT2D eigenvalue weighted by atomic mass is 16.2. The van der Waals surface area contributed by atoms with Crippen LogP contribution in [0.1, 0.15) is 37.4 Å². The Morgan fingerprint density at radius 3 is 2.44 bits per heavy atom. The quantitative estimate of drug-likeness (QED) is 0.851. The molecule has 1 saturated carbocycles. The summed E-state index contributed by atoms with van der Waals surface area (Å²) in [7, 11) is 0. The normalized spacial score (nSPS) is 18.7. The highest BCUT2D eigenvalue weighted by Gasteiger charge is 2.47. The fraction of sp³-hybridized carbons (Fsp3) is 0.350. The first-order valence-corrected chi connectivity index (χ1v) is 8.63. The molecule has 1 aromatic heterocycles. The van der Waals surface area contributed by atoms with Crippen molar-refractivity contribution >= 4 is 17.5 Å². The van der Waals surface area contributed by atoms with Gasteiger partial charge in [0.25, 0.3) is 0 Å². The Labute approximate surface area is 147 Å². The molecule has 2 aromatic rings. The van der Waals surface area contributed by atoms with Gasteiger partial charge >= 0.3 is 0 Å². The van der Waals surface area contributed by atoms with Gasteiger partial charge < -0.3 is 10.6 Å². The van der Waals surface area contributed by atoms with E-state index in [9.17, 15) is 9.59 Å². The molecule has 0 radical (unpaired) electrons. The first kappa shape index (κ1) is 17.1. The zero-order valence-corrected chi connectivity index (χ0v) is 14.5. The number of carbonyl (C=O) groups is 2. The van der Waals surface area contributed by atoms with Gasteiger partial charge in [0.2, 0.25) is 11.8 Å². The van der Waals surface area contributed by atoms with Crippen molar-refractivity contribution in [3.63, 3.8) is 0 Å². The summed E-state index contributed by atoms with van der Waals surface area (Å²) in [4.78, 5) is 28.6. The second-order valence-corrected chi connectivity index (χ2v) is 6.75. The standard InChI is InChI=1S/C20H23N3O2/c1-13(2)14-6-8-15(9-7-14)23-20(25)18-11-17(18)19(24)22-12-16-5-3-4-10-21-16/h3-10,13,17-18H,11-12H2,1-2H3,(H,22,24)(H,23,25). The van der Waals surface area contributed by atoms with Gasteiger partial charge in [0.05, 0.1) is 24.1 Å². The Balaban J connectivity index is 1.47. The van der Waals surface area contributed by atoms with E-state index in [4.69, 9.17) is 0 Å². The van der Waals surface area contributed by atoms with E-state index in [0.29, 0.717) is 18.9 Å². The summed E-state index contributed by atoms with van der Waals surface area (Å²) in [6.45, 7) is 4.65. The maximum absolute atomic E-state index is 12.3. The van der Waals surface area contributed by atoms with Crippen LogP contribution in [0.15, 0.2) is 48.7 Å². The zero-order valence-electron chi connectivity index (χ0n) is 14.5. The van der Waals surface area contributed by atoms with Crippen LogP contribution in [0, 0.1) is 11.8 Å². The van der Waals surface area contributed by atoms with E-state index in [1.165, 1.54) is 5.56 Å². The molecule has 1 fully saturated rings. The predicted octanol–water partition coefficient (Wildman–Crippen LogP) is 3.10. The molecule has 1 aromatic carbocycles. The number of nitrogens with zero attached hydrogens (tertiary/aromatic N) is 1. The summed E-state index contributed by atoms with van der Waals surface area (Å²) in [5.41, 5.74) is 2.81. The van der Waals surface area contributed by atoms with E-state index in [2.05, 4.69) is 29.5 Å². The van der Waals surface area contributed by atoms with Gasteiger partial charge in [0, 0.05) is 11.9 Å². The summed E-state index contributed by atoms with van der Waals surface area (Å²) >= 11 is 0. The fourth-order valence-electron chi connectivity index (χ4n) is 2.77. The number of aromatic nitrogens is 1. The van der Waals surface area contributed by atoms with Gasteiger partial charge in [-0.2, -0.15) is 0 Å². The van der Waals surface area contributed by atoms with Crippen molar-refractivity contribution in [3.05, 3.63) is 59.9 Å². The molecule has 5 heteroatoms. The van der Waals surface area contributed by atoms with Crippen LogP contribution in [0.25, 0.3) is 0 Å². The molecule has 130 valence electrons. The number of hydrogen-bond donors (Lipinski definition) is 2. The molecule has 0 bridgehead atoms. The lowest BCUT2D eigenvalue weighted by atomic mass is 10.0. The molecule has 1 aliphatic carbocycles. The van der Waals surface area contributed by atoms with Crippen LogP contribution in [0.2, 0.25) is 0 Å². The summed E-state index contributed by atoms with van der Waals surface area (Å²) in [6.07, 6.45) is 2.30. The number of nitrogens with one attached hydrogen (secondary N) is 2. The minimum atomic E-state index is -0.242. The Morgan fingerprint density at radius 2 is 1.80 bits per heavy atom. The van der Waals surface area contributed by atoms with E-state index in [1.807, 2.05) is 42.5 Å². The minimum absolute atomic E-state index is 0.0824. The number of anilines is 1. The van der Waals surface area contributed by atoms with Gasteiger partial charge in [0.1, 0.15) is 0 Å². The van der Waals surface area contributed by atoms with Crippen LogP contribution < -0.4 is 10.6 Å². The molecule has 1 aliphatic rings. The Hall–Kier alpha value is -2.69. The number of rotatable bonds is 6. The van der Waals surface area contributed by atoms with Crippen molar-refractivity contribution in [2.24, 2.45) is 11.8 Å². The second-order valence-electron chi connectivity index (χ2n) is 6.75. The number of amides is 2. The Kier molecular flexibility index (Phi) is 5.12. The average molecular weight is 337 g/mol. The van der Waals surface area contributed by atoms with Crippen LogP contribution in [0.5, 0.6) is 0 Å². The topological polar surface area (TPSA) is 71.1 Å². The molecule has 25 heavy (non-hydrogen) atoms. The van der Waals surface area contributed by atoms with Gasteiger partial charge in [-0.1, -0.05) is 32.0 Å². The number of hydrogen-bond acceptors (Lipinski definition) is 3. The SMILES string of the molecule is CC(C)c1ccc(NC(=O)C2CC2C(=O)NCc2ccccn2)cc1. The van der Waals surface area contributed by atoms with Gasteiger partial charge in [-0.25, -0.2) is 0 Å². The highest BCUT2D eigenvalue weighted by Crippen LogP contribution is 2.39. The molecule has 3 rings (SSSR count). The first-order chi connectivity index (χ1) is 12.0. The highest BCUT2D eigenvalue weighted by molar-refractivity contribution is 5.99. The number of pyridine rings is 1.